The van der Waals surface area contributed by atoms with Crippen LogP contribution in [0.25, 0.3) is 10.8 Å². The first-order valence-corrected chi connectivity index (χ1v) is 7.88. The zero-order chi connectivity index (χ0) is 14.8. The molecule has 1 aromatic heterocycles. The second-order valence-corrected chi connectivity index (χ2v) is 7.01. The Hall–Kier alpha value is -1.85. The normalized spacial score (nSPS) is 10.7. The number of carboxylic acid groups (broad SMARTS) is 1. The molecule has 0 aliphatic rings. The summed E-state index contributed by atoms with van der Waals surface area (Å²) in [5.74, 6) is -0.583. The van der Waals surface area contributed by atoms with Gasteiger partial charge in [-0.05, 0) is 44.9 Å². The Balaban J connectivity index is 1.97. The number of carboxylic acids is 1. The molecule has 1 N–H and O–H groups in total. The largest absolute Gasteiger partial charge is 0.487 e. The van der Waals surface area contributed by atoms with Gasteiger partial charge in [-0.3, -0.25) is 0 Å². The van der Waals surface area contributed by atoms with Gasteiger partial charge < -0.3 is 9.84 Å². The van der Waals surface area contributed by atoms with Gasteiger partial charge in [-0.2, -0.15) is 0 Å². The molecule has 3 rings (SSSR count). The van der Waals surface area contributed by atoms with Gasteiger partial charge >= 0.3 is 5.97 Å². The lowest BCUT2D eigenvalue weighted by Crippen LogP contribution is -2.03. The topological polar surface area (TPSA) is 46.5 Å². The maximum Gasteiger partial charge on any atom is 0.340 e. The van der Waals surface area contributed by atoms with Gasteiger partial charge in [0.2, 0.25) is 0 Å². The Bertz CT molecular complexity index is 810. The highest BCUT2D eigenvalue weighted by molar-refractivity contribution is 9.11. The first-order valence-electron chi connectivity index (χ1n) is 6.27. The maximum atomic E-state index is 11.6. The fourth-order valence-corrected chi connectivity index (χ4v) is 3.57. The monoisotopic (exact) mass is 362 g/mol. The van der Waals surface area contributed by atoms with Crippen LogP contribution in [0.4, 0.5) is 0 Å². The standard InChI is InChI=1S/C16H11BrO3S/c17-14-8-6-11(21-14)9-20-13-7-5-10-3-1-2-4-12(10)15(13)16(18)19/h1-8H,9H2,(H,18,19). The molecule has 0 saturated carbocycles. The molecule has 0 aliphatic heterocycles. The first kappa shape index (κ1) is 14.1. The summed E-state index contributed by atoms with van der Waals surface area (Å²) >= 11 is 4.97. The predicted octanol–water partition coefficient (Wildman–Crippen LogP) is 4.94. The van der Waals surface area contributed by atoms with E-state index in [1.807, 2.05) is 36.4 Å². The summed E-state index contributed by atoms with van der Waals surface area (Å²) in [4.78, 5) is 12.6. The molecule has 106 valence electrons. The smallest absolute Gasteiger partial charge is 0.340 e. The van der Waals surface area contributed by atoms with Crippen LogP contribution in [0.15, 0.2) is 52.3 Å². The van der Waals surface area contributed by atoms with Crippen molar-refractivity contribution in [2.45, 2.75) is 6.61 Å². The lowest BCUT2D eigenvalue weighted by atomic mass is 10.0. The molecule has 2 aromatic carbocycles. The molecule has 0 saturated heterocycles. The Labute approximate surface area is 133 Å². The van der Waals surface area contributed by atoms with Crippen molar-refractivity contribution in [3.05, 3.63) is 62.8 Å². The maximum absolute atomic E-state index is 11.6. The molecule has 0 atom stereocenters. The molecular formula is C16H11BrO3S. The molecule has 0 aliphatic carbocycles. The number of fused-ring (bicyclic) bond motifs is 1. The van der Waals surface area contributed by atoms with Crippen LogP contribution in [0.3, 0.4) is 0 Å². The van der Waals surface area contributed by atoms with E-state index in [2.05, 4.69) is 15.9 Å². The minimum Gasteiger partial charge on any atom is -0.487 e. The van der Waals surface area contributed by atoms with Crippen LogP contribution >= 0.6 is 27.3 Å². The Morgan fingerprint density at radius 3 is 2.67 bits per heavy atom. The van der Waals surface area contributed by atoms with Crippen molar-refractivity contribution >= 4 is 44.0 Å². The third-order valence-corrected chi connectivity index (χ3v) is 4.70. The minimum absolute atomic E-state index is 0.212. The molecule has 5 heteroatoms. The van der Waals surface area contributed by atoms with E-state index < -0.39 is 5.97 Å². The number of hydrogen-bond donors (Lipinski definition) is 1. The molecule has 3 nitrogen and oxygen atoms in total. The van der Waals surface area contributed by atoms with Gasteiger partial charge in [0, 0.05) is 4.88 Å². The third-order valence-electron chi connectivity index (χ3n) is 3.10. The molecule has 0 unspecified atom stereocenters. The van der Waals surface area contributed by atoms with Crippen molar-refractivity contribution in [3.8, 4) is 5.75 Å². The zero-order valence-corrected chi connectivity index (χ0v) is 13.3. The molecule has 0 radical (unpaired) electrons. The fraction of sp³-hybridized carbons (Fsp3) is 0.0625. The van der Waals surface area contributed by atoms with E-state index in [1.54, 1.807) is 23.5 Å². The summed E-state index contributed by atoms with van der Waals surface area (Å²) in [6.07, 6.45) is 0. The average Bonchev–Trinajstić information content (AvgIpc) is 2.89. The summed E-state index contributed by atoms with van der Waals surface area (Å²) in [7, 11) is 0. The van der Waals surface area contributed by atoms with E-state index in [9.17, 15) is 9.90 Å². The number of hydrogen-bond acceptors (Lipinski definition) is 3. The highest BCUT2D eigenvalue weighted by Crippen LogP contribution is 2.30. The second-order valence-electron chi connectivity index (χ2n) is 4.46. The second kappa shape index (κ2) is 5.87. The lowest BCUT2D eigenvalue weighted by molar-refractivity contribution is 0.0694. The number of carbonyl (C=O) groups is 1. The van der Waals surface area contributed by atoms with Gasteiger partial charge in [-0.25, -0.2) is 4.79 Å². The average molecular weight is 363 g/mol. The van der Waals surface area contributed by atoms with Crippen molar-refractivity contribution in [1.29, 1.82) is 0 Å². The Morgan fingerprint density at radius 1 is 1.14 bits per heavy atom. The molecule has 0 fully saturated rings. The van der Waals surface area contributed by atoms with Gasteiger partial charge in [0.15, 0.2) is 0 Å². The quantitative estimate of drug-likeness (QED) is 0.714. The van der Waals surface area contributed by atoms with Crippen molar-refractivity contribution in [2.75, 3.05) is 0 Å². The summed E-state index contributed by atoms with van der Waals surface area (Å²) in [6.45, 7) is 0.356. The lowest BCUT2D eigenvalue weighted by Gasteiger charge is -2.11. The fourth-order valence-electron chi connectivity index (χ4n) is 2.17. The van der Waals surface area contributed by atoms with Gasteiger partial charge in [0.1, 0.15) is 17.9 Å². The summed E-state index contributed by atoms with van der Waals surface area (Å²) < 4.78 is 6.74. The van der Waals surface area contributed by atoms with Gasteiger partial charge in [0.05, 0.1) is 3.79 Å². The first-order chi connectivity index (χ1) is 10.1. The van der Waals surface area contributed by atoms with E-state index in [0.717, 1.165) is 14.0 Å². The molecule has 0 amide bonds. The van der Waals surface area contributed by atoms with Crippen LogP contribution in [0.1, 0.15) is 15.2 Å². The molecule has 1 heterocycles. The van der Waals surface area contributed by atoms with Gasteiger partial charge in [-0.1, -0.05) is 30.3 Å². The van der Waals surface area contributed by atoms with Crippen LogP contribution in [0, 0.1) is 0 Å². The minimum atomic E-state index is -0.978. The van der Waals surface area contributed by atoms with Crippen molar-refractivity contribution in [3.63, 3.8) is 0 Å². The number of halogens is 1. The third kappa shape index (κ3) is 2.94. The Morgan fingerprint density at radius 2 is 1.95 bits per heavy atom. The molecule has 3 aromatic rings. The van der Waals surface area contributed by atoms with E-state index in [4.69, 9.17) is 4.74 Å². The van der Waals surface area contributed by atoms with Crippen LogP contribution in [0.2, 0.25) is 0 Å². The highest BCUT2D eigenvalue weighted by Gasteiger charge is 2.15. The Kier molecular flexibility index (Phi) is 3.94. The predicted molar refractivity (Wildman–Crippen MR) is 87.3 cm³/mol. The van der Waals surface area contributed by atoms with E-state index in [0.29, 0.717) is 17.7 Å². The summed E-state index contributed by atoms with van der Waals surface area (Å²) in [5.41, 5.74) is 0.212. The van der Waals surface area contributed by atoms with Crippen LogP contribution < -0.4 is 4.74 Å². The SMILES string of the molecule is O=C(O)c1c(OCc2ccc(Br)s2)ccc2ccccc12. The number of aromatic carboxylic acids is 1. The molecular weight excluding hydrogens is 352 g/mol. The van der Waals surface area contributed by atoms with Crippen LogP contribution in [-0.2, 0) is 6.61 Å². The number of rotatable bonds is 4. The zero-order valence-electron chi connectivity index (χ0n) is 10.9. The summed E-state index contributed by atoms with van der Waals surface area (Å²) in [5, 5.41) is 11.1. The summed E-state index contributed by atoms with van der Waals surface area (Å²) in [6, 6.07) is 14.9. The molecule has 0 bridgehead atoms. The van der Waals surface area contributed by atoms with Crippen molar-refractivity contribution < 1.29 is 14.6 Å². The van der Waals surface area contributed by atoms with Crippen molar-refractivity contribution in [1.82, 2.24) is 0 Å². The molecule has 0 spiro atoms. The highest BCUT2D eigenvalue weighted by atomic mass is 79.9. The van der Waals surface area contributed by atoms with E-state index >= 15 is 0 Å². The van der Waals surface area contributed by atoms with Crippen LogP contribution in [-0.4, -0.2) is 11.1 Å². The molecule has 21 heavy (non-hydrogen) atoms. The number of thiophene rings is 1. The van der Waals surface area contributed by atoms with E-state index in [-0.39, 0.29) is 5.56 Å². The number of ether oxygens (including phenoxy) is 1. The van der Waals surface area contributed by atoms with Crippen molar-refractivity contribution in [2.24, 2.45) is 0 Å². The van der Waals surface area contributed by atoms with Gasteiger partial charge in [-0.15, -0.1) is 11.3 Å². The van der Waals surface area contributed by atoms with E-state index in [1.165, 1.54) is 0 Å². The van der Waals surface area contributed by atoms with Gasteiger partial charge in [0.25, 0.3) is 0 Å². The number of benzene rings is 2. The van der Waals surface area contributed by atoms with Crippen LogP contribution in [0.5, 0.6) is 5.75 Å².